The highest BCUT2D eigenvalue weighted by Crippen LogP contribution is 2.29. The summed E-state index contributed by atoms with van der Waals surface area (Å²) in [6.07, 6.45) is 0.195. The van der Waals surface area contributed by atoms with Crippen molar-refractivity contribution in [2.75, 3.05) is 11.9 Å². The second-order valence-electron chi connectivity index (χ2n) is 4.60. The number of benzene rings is 1. The molecule has 0 spiro atoms. The number of hydrogen-bond donors (Lipinski definition) is 2. The smallest absolute Gasteiger partial charge is 0.232 e. The largest absolute Gasteiger partial charge is 0.355 e. The van der Waals surface area contributed by atoms with Crippen LogP contribution >= 0.6 is 23.2 Å². The lowest BCUT2D eigenvalue weighted by Crippen LogP contribution is -2.35. The zero-order chi connectivity index (χ0) is 13.3. The van der Waals surface area contributed by atoms with E-state index >= 15 is 0 Å². The van der Waals surface area contributed by atoms with Crippen LogP contribution in [0, 0.1) is 5.41 Å². The SMILES string of the molecule is CC1(C(=O)Nc2ccc(Cl)c(Cl)c2)CNC(=O)C1. The third kappa shape index (κ3) is 2.60. The Morgan fingerprint density at radius 1 is 1.39 bits per heavy atom. The number of halogens is 2. The summed E-state index contributed by atoms with van der Waals surface area (Å²) < 4.78 is 0. The molecule has 6 heteroatoms. The minimum atomic E-state index is -0.719. The van der Waals surface area contributed by atoms with E-state index in [1.54, 1.807) is 25.1 Å². The van der Waals surface area contributed by atoms with Gasteiger partial charge in [-0.1, -0.05) is 23.2 Å². The molecule has 2 amide bonds. The number of carbonyl (C=O) groups excluding carboxylic acids is 2. The second-order valence-corrected chi connectivity index (χ2v) is 5.41. The normalized spacial score (nSPS) is 22.7. The molecule has 0 aliphatic carbocycles. The van der Waals surface area contributed by atoms with Crippen molar-refractivity contribution in [3.05, 3.63) is 28.2 Å². The molecule has 1 heterocycles. The maximum absolute atomic E-state index is 12.1. The van der Waals surface area contributed by atoms with E-state index in [0.717, 1.165) is 0 Å². The molecule has 18 heavy (non-hydrogen) atoms. The number of amides is 2. The van der Waals surface area contributed by atoms with Gasteiger partial charge in [-0.25, -0.2) is 0 Å². The monoisotopic (exact) mass is 286 g/mol. The standard InChI is InChI=1S/C12H12Cl2N2O2/c1-12(5-10(17)15-6-12)11(18)16-7-2-3-8(13)9(14)4-7/h2-4H,5-6H2,1H3,(H,15,17)(H,16,18). The van der Waals surface area contributed by atoms with Crippen LogP contribution in [0.3, 0.4) is 0 Å². The van der Waals surface area contributed by atoms with Gasteiger partial charge in [0.2, 0.25) is 11.8 Å². The van der Waals surface area contributed by atoms with Crippen LogP contribution in [-0.2, 0) is 9.59 Å². The molecule has 1 aliphatic heterocycles. The van der Waals surface area contributed by atoms with Crippen LogP contribution in [0.15, 0.2) is 18.2 Å². The minimum absolute atomic E-state index is 0.109. The summed E-state index contributed by atoms with van der Waals surface area (Å²) in [7, 11) is 0. The average molecular weight is 287 g/mol. The molecule has 1 aromatic rings. The first-order valence-electron chi connectivity index (χ1n) is 5.44. The van der Waals surface area contributed by atoms with E-state index in [1.807, 2.05) is 0 Å². The quantitative estimate of drug-likeness (QED) is 0.877. The van der Waals surface area contributed by atoms with E-state index < -0.39 is 5.41 Å². The van der Waals surface area contributed by atoms with E-state index in [0.29, 0.717) is 22.3 Å². The minimum Gasteiger partial charge on any atom is -0.355 e. The van der Waals surface area contributed by atoms with Gasteiger partial charge in [-0.3, -0.25) is 9.59 Å². The van der Waals surface area contributed by atoms with E-state index in [9.17, 15) is 9.59 Å². The summed E-state index contributed by atoms with van der Waals surface area (Å²) in [5, 5.41) is 6.19. The Hall–Kier alpha value is -1.26. The molecular formula is C12H12Cl2N2O2. The van der Waals surface area contributed by atoms with E-state index in [2.05, 4.69) is 10.6 Å². The molecule has 0 aromatic heterocycles. The van der Waals surface area contributed by atoms with Crippen LogP contribution in [-0.4, -0.2) is 18.4 Å². The molecule has 0 radical (unpaired) electrons. The topological polar surface area (TPSA) is 58.2 Å². The fourth-order valence-electron chi connectivity index (χ4n) is 1.79. The fourth-order valence-corrected chi connectivity index (χ4v) is 2.09. The highest BCUT2D eigenvalue weighted by atomic mass is 35.5. The maximum Gasteiger partial charge on any atom is 0.232 e. The molecule has 0 bridgehead atoms. The van der Waals surface area contributed by atoms with Crippen LogP contribution < -0.4 is 10.6 Å². The van der Waals surface area contributed by atoms with E-state index in [-0.39, 0.29) is 18.2 Å². The molecule has 1 unspecified atom stereocenters. The predicted molar refractivity (Wildman–Crippen MR) is 70.8 cm³/mol. The average Bonchev–Trinajstić information content (AvgIpc) is 2.65. The Morgan fingerprint density at radius 2 is 2.11 bits per heavy atom. The van der Waals surface area contributed by atoms with Crippen molar-refractivity contribution in [2.45, 2.75) is 13.3 Å². The lowest BCUT2D eigenvalue weighted by atomic mass is 9.88. The van der Waals surface area contributed by atoms with Gasteiger partial charge in [0.05, 0.1) is 15.5 Å². The van der Waals surface area contributed by atoms with Crippen molar-refractivity contribution in [1.29, 1.82) is 0 Å². The Labute approximate surface area is 115 Å². The summed E-state index contributed by atoms with van der Waals surface area (Å²) in [4.78, 5) is 23.3. The van der Waals surface area contributed by atoms with Crippen molar-refractivity contribution in [2.24, 2.45) is 5.41 Å². The van der Waals surface area contributed by atoms with Gasteiger partial charge in [-0.05, 0) is 25.1 Å². The van der Waals surface area contributed by atoms with Gasteiger partial charge in [-0.2, -0.15) is 0 Å². The summed E-state index contributed by atoms with van der Waals surface area (Å²) >= 11 is 11.7. The number of carbonyl (C=O) groups is 2. The molecule has 1 aliphatic rings. The number of rotatable bonds is 2. The molecule has 1 saturated heterocycles. The molecule has 2 N–H and O–H groups in total. The Bertz CT molecular complexity index is 519. The predicted octanol–water partition coefficient (Wildman–Crippen LogP) is 2.46. The van der Waals surface area contributed by atoms with Gasteiger partial charge in [0.15, 0.2) is 0 Å². The lowest BCUT2D eigenvalue weighted by molar-refractivity contribution is -0.126. The van der Waals surface area contributed by atoms with Crippen LogP contribution in [0.4, 0.5) is 5.69 Å². The van der Waals surface area contributed by atoms with Gasteiger partial charge >= 0.3 is 0 Å². The molecule has 1 aromatic carbocycles. The Kier molecular flexibility index (Phi) is 3.50. The maximum atomic E-state index is 12.1. The molecule has 1 fully saturated rings. The van der Waals surface area contributed by atoms with Crippen LogP contribution in [0.2, 0.25) is 10.0 Å². The molecular weight excluding hydrogens is 275 g/mol. The van der Waals surface area contributed by atoms with Crippen molar-refractivity contribution >= 4 is 40.7 Å². The van der Waals surface area contributed by atoms with Gasteiger partial charge in [0, 0.05) is 18.7 Å². The first kappa shape index (κ1) is 13.2. The number of nitrogens with one attached hydrogen (secondary N) is 2. The Morgan fingerprint density at radius 3 is 2.67 bits per heavy atom. The van der Waals surface area contributed by atoms with E-state index in [4.69, 9.17) is 23.2 Å². The van der Waals surface area contributed by atoms with Crippen molar-refractivity contribution < 1.29 is 9.59 Å². The Balaban J connectivity index is 2.11. The fraction of sp³-hybridized carbons (Fsp3) is 0.333. The lowest BCUT2D eigenvalue weighted by Gasteiger charge is -2.20. The summed E-state index contributed by atoms with van der Waals surface area (Å²) in [6.45, 7) is 2.09. The van der Waals surface area contributed by atoms with Crippen molar-refractivity contribution in [3.8, 4) is 0 Å². The first-order chi connectivity index (χ1) is 8.40. The van der Waals surface area contributed by atoms with Gasteiger partial charge in [-0.15, -0.1) is 0 Å². The molecule has 0 saturated carbocycles. The van der Waals surface area contributed by atoms with Crippen molar-refractivity contribution in [3.63, 3.8) is 0 Å². The summed E-state index contributed by atoms with van der Waals surface area (Å²) in [5.41, 5.74) is -0.154. The first-order valence-corrected chi connectivity index (χ1v) is 6.19. The molecule has 4 nitrogen and oxygen atoms in total. The second kappa shape index (κ2) is 4.78. The molecule has 96 valence electrons. The molecule has 2 rings (SSSR count). The van der Waals surface area contributed by atoms with Gasteiger partial charge < -0.3 is 10.6 Å². The summed E-state index contributed by atoms with van der Waals surface area (Å²) in [6, 6.07) is 4.86. The highest BCUT2D eigenvalue weighted by molar-refractivity contribution is 6.42. The van der Waals surface area contributed by atoms with Gasteiger partial charge in [0.25, 0.3) is 0 Å². The summed E-state index contributed by atoms with van der Waals surface area (Å²) in [5.74, 6) is -0.318. The van der Waals surface area contributed by atoms with Crippen LogP contribution in [0.1, 0.15) is 13.3 Å². The zero-order valence-electron chi connectivity index (χ0n) is 9.72. The molecule has 1 atom stereocenters. The third-order valence-corrected chi connectivity index (χ3v) is 3.69. The van der Waals surface area contributed by atoms with Crippen LogP contribution in [0.25, 0.3) is 0 Å². The number of hydrogen-bond acceptors (Lipinski definition) is 2. The highest BCUT2D eigenvalue weighted by Gasteiger charge is 2.40. The third-order valence-electron chi connectivity index (χ3n) is 2.95. The number of anilines is 1. The van der Waals surface area contributed by atoms with Gasteiger partial charge in [0.1, 0.15) is 0 Å². The van der Waals surface area contributed by atoms with Crippen LogP contribution in [0.5, 0.6) is 0 Å². The van der Waals surface area contributed by atoms with E-state index in [1.165, 1.54) is 0 Å². The zero-order valence-corrected chi connectivity index (χ0v) is 11.2. The van der Waals surface area contributed by atoms with Crippen molar-refractivity contribution in [1.82, 2.24) is 5.32 Å².